The Morgan fingerprint density at radius 2 is 2.10 bits per heavy atom. The van der Waals surface area contributed by atoms with E-state index >= 15 is 0 Å². The summed E-state index contributed by atoms with van der Waals surface area (Å²) in [7, 11) is 3.43. The Labute approximate surface area is 136 Å². The van der Waals surface area contributed by atoms with Crippen molar-refractivity contribution >= 4 is 15.9 Å². The minimum absolute atomic E-state index is 0.332. The molecule has 21 heavy (non-hydrogen) atoms. The highest BCUT2D eigenvalue weighted by Crippen LogP contribution is 2.45. The molecule has 0 aliphatic heterocycles. The summed E-state index contributed by atoms with van der Waals surface area (Å²) in [6.45, 7) is 5.56. The van der Waals surface area contributed by atoms with E-state index in [1.807, 2.05) is 6.07 Å². The highest BCUT2D eigenvalue weighted by Gasteiger charge is 2.29. The first-order valence-electron chi connectivity index (χ1n) is 7.78. The largest absolute Gasteiger partial charge is 0.493 e. The summed E-state index contributed by atoms with van der Waals surface area (Å²) in [5.41, 5.74) is 2.65. The predicted molar refractivity (Wildman–Crippen MR) is 90.4 cm³/mol. The topological polar surface area (TPSA) is 30.5 Å². The number of methoxy groups -OCH3 is 2. The van der Waals surface area contributed by atoms with E-state index in [1.165, 1.54) is 17.5 Å². The van der Waals surface area contributed by atoms with Crippen LogP contribution in [0.3, 0.4) is 0 Å². The fraction of sp³-hybridized carbons (Fsp3) is 0.647. The van der Waals surface area contributed by atoms with Crippen LogP contribution in [0.1, 0.15) is 50.3 Å². The molecular formula is C17H26BrNO2. The van der Waals surface area contributed by atoms with Gasteiger partial charge in [0.1, 0.15) is 0 Å². The number of ether oxygens (including phenoxy) is 2. The molecule has 0 saturated carbocycles. The van der Waals surface area contributed by atoms with Crippen molar-refractivity contribution in [2.75, 3.05) is 20.8 Å². The molecule has 3 nitrogen and oxygen atoms in total. The Morgan fingerprint density at radius 1 is 1.33 bits per heavy atom. The lowest BCUT2D eigenvalue weighted by molar-refractivity contribution is 0.340. The van der Waals surface area contributed by atoms with Crippen LogP contribution in [0.15, 0.2) is 10.5 Å². The average Bonchev–Trinajstić information content (AvgIpc) is 2.64. The number of halogens is 1. The van der Waals surface area contributed by atoms with E-state index in [0.717, 1.165) is 41.8 Å². The number of benzene rings is 1. The molecule has 0 radical (unpaired) electrons. The van der Waals surface area contributed by atoms with Crippen LogP contribution >= 0.6 is 15.9 Å². The van der Waals surface area contributed by atoms with Crippen molar-refractivity contribution in [3.8, 4) is 11.5 Å². The molecule has 0 heterocycles. The number of fused-ring (bicyclic) bond motifs is 1. The lowest BCUT2D eigenvalue weighted by Gasteiger charge is -2.25. The smallest absolute Gasteiger partial charge is 0.165 e. The molecule has 0 amide bonds. The van der Waals surface area contributed by atoms with Crippen molar-refractivity contribution < 1.29 is 9.47 Å². The van der Waals surface area contributed by atoms with Gasteiger partial charge in [0.05, 0.1) is 14.2 Å². The van der Waals surface area contributed by atoms with Gasteiger partial charge in [0.25, 0.3) is 0 Å². The van der Waals surface area contributed by atoms with Crippen LogP contribution in [0, 0.1) is 5.92 Å². The number of nitrogens with one attached hydrogen (secondary N) is 1. The summed E-state index contributed by atoms with van der Waals surface area (Å²) >= 11 is 3.72. The van der Waals surface area contributed by atoms with Crippen molar-refractivity contribution in [3.63, 3.8) is 0 Å². The predicted octanol–water partition coefficient (Wildman–Crippen LogP) is 4.48. The second kappa shape index (κ2) is 7.50. The molecule has 1 aliphatic rings. The van der Waals surface area contributed by atoms with Gasteiger partial charge >= 0.3 is 0 Å². The zero-order valence-electron chi connectivity index (χ0n) is 13.5. The van der Waals surface area contributed by atoms with Crippen molar-refractivity contribution in [1.29, 1.82) is 0 Å². The maximum absolute atomic E-state index is 5.70. The molecule has 1 N–H and O–H groups in total. The van der Waals surface area contributed by atoms with E-state index in [9.17, 15) is 0 Å². The first-order chi connectivity index (χ1) is 10.1. The Kier molecular flexibility index (Phi) is 5.94. The fourth-order valence-electron chi connectivity index (χ4n) is 3.18. The van der Waals surface area contributed by atoms with Gasteiger partial charge in [0.2, 0.25) is 0 Å². The van der Waals surface area contributed by atoms with Crippen LogP contribution in [-0.4, -0.2) is 20.8 Å². The van der Waals surface area contributed by atoms with E-state index in [4.69, 9.17) is 9.47 Å². The lowest BCUT2D eigenvalue weighted by Crippen LogP contribution is -2.24. The molecule has 0 saturated heterocycles. The zero-order valence-corrected chi connectivity index (χ0v) is 15.0. The van der Waals surface area contributed by atoms with Gasteiger partial charge in [0.15, 0.2) is 11.5 Å². The molecule has 2 unspecified atom stereocenters. The molecule has 2 atom stereocenters. The molecule has 1 aliphatic carbocycles. The lowest BCUT2D eigenvalue weighted by atomic mass is 9.95. The maximum Gasteiger partial charge on any atom is 0.165 e. The monoisotopic (exact) mass is 355 g/mol. The molecule has 0 bridgehead atoms. The minimum atomic E-state index is 0.332. The van der Waals surface area contributed by atoms with E-state index < -0.39 is 0 Å². The normalized spacial score (nSPS) is 21.6. The summed E-state index contributed by atoms with van der Waals surface area (Å²) in [5, 5.41) is 3.69. The average molecular weight is 356 g/mol. The van der Waals surface area contributed by atoms with Crippen LogP contribution in [0.2, 0.25) is 0 Å². The quantitative estimate of drug-likeness (QED) is 0.789. The molecule has 2 rings (SSSR count). The molecule has 0 spiro atoms. The van der Waals surface area contributed by atoms with Crippen LogP contribution in [0.4, 0.5) is 0 Å². The van der Waals surface area contributed by atoms with Crippen molar-refractivity contribution in [2.24, 2.45) is 5.92 Å². The van der Waals surface area contributed by atoms with E-state index in [1.54, 1.807) is 14.2 Å². The number of hydrogen-bond acceptors (Lipinski definition) is 3. The van der Waals surface area contributed by atoms with Crippen LogP contribution < -0.4 is 14.8 Å². The molecular weight excluding hydrogens is 330 g/mol. The Morgan fingerprint density at radius 3 is 2.71 bits per heavy atom. The maximum atomic E-state index is 5.70. The number of hydrogen-bond donors (Lipinski definition) is 1. The summed E-state index contributed by atoms with van der Waals surface area (Å²) in [6, 6.07) is 2.36. The Balaban J connectivity index is 2.54. The third-order valence-electron chi connectivity index (χ3n) is 4.28. The van der Waals surface area contributed by atoms with Crippen molar-refractivity contribution in [1.82, 2.24) is 5.32 Å². The second-order valence-corrected chi connectivity index (χ2v) is 6.73. The van der Waals surface area contributed by atoms with Crippen LogP contribution in [-0.2, 0) is 6.42 Å². The SMILES string of the molecule is CCCNC1CC(C)CCc2c(Br)cc(OC)c(OC)c21. The van der Waals surface area contributed by atoms with Crippen LogP contribution in [0.25, 0.3) is 0 Å². The second-order valence-electron chi connectivity index (χ2n) is 5.87. The highest BCUT2D eigenvalue weighted by atomic mass is 79.9. The first kappa shape index (κ1) is 16.6. The van der Waals surface area contributed by atoms with Crippen molar-refractivity contribution in [2.45, 2.75) is 45.6 Å². The standard InChI is InChI=1S/C17H26BrNO2/c1-5-8-19-14-9-11(2)6-7-12-13(18)10-15(20-3)17(21-4)16(12)14/h10-11,14,19H,5-9H2,1-4H3. The van der Waals surface area contributed by atoms with Gasteiger partial charge in [-0.2, -0.15) is 0 Å². The van der Waals surface area contributed by atoms with Crippen molar-refractivity contribution in [3.05, 3.63) is 21.7 Å². The van der Waals surface area contributed by atoms with Gasteiger partial charge < -0.3 is 14.8 Å². The first-order valence-corrected chi connectivity index (χ1v) is 8.58. The van der Waals surface area contributed by atoms with E-state index in [-0.39, 0.29) is 0 Å². The van der Waals surface area contributed by atoms with Crippen LogP contribution in [0.5, 0.6) is 11.5 Å². The Bertz CT molecular complexity index is 490. The Hall–Kier alpha value is -0.740. The summed E-state index contributed by atoms with van der Waals surface area (Å²) in [5.74, 6) is 2.40. The van der Waals surface area contributed by atoms with Gasteiger partial charge in [0, 0.05) is 16.1 Å². The highest BCUT2D eigenvalue weighted by molar-refractivity contribution is 9.10. The van der Waals surface area contributed by atoms with Gasteiger partial charge in [-0.3, -0.25) is 0 Å². The molecule has 1 aromatic carbocycles. The van der Waals surface area contributed by atoms with Gasteiger partial charge in [-0.15, -0.1) is 0 Å². The molecule has 4 heteroatoms. The van der Waals surface area contributed by atoms with Gasteiger partial charge in [-0.05, 0) is 49.8 Å². The molecule has 118 valence electrons. The third-order valence-corrected chi connectivity index (χ3v) is 4.99. The van der Waals surface area contributed by atoms with E-state index in [0.29, 0.717) is 12.0 Å². The summed E-state index contributed by atoms with van der Waals surface area (Å²) in [6.07, 6.45) is 4.57. The molecule has 0 aromatic heterocycles. The molecule has 0 fully saturated rings. The minimum Gasteiger partial charge on any atom is -0.493 e. The van der Waals surface area contributed by atoms with Gasteiger partial charge in [-0.1, -0.05) is 29.8 Å². The zero-order chi connectivity index (χ0) is 15.4. The number of rotatable bonds is 5. The fourth-order valence-corrected chi connectivity index (χ4v) is 3.80. The van der Waals surface area contributed by atoms with E-state index in [2.05, 4.69) is 35.1 Å². The summed E-state index contributed by atoms with van der Waals surface area (Å²) < 4.78 is 12.4. The molecule has 1 aromatic rings. The van der Waals surface area contributed by atoms with Gasteiger partial charge in [-0.25, -0.2) is 0 Å². The third kappa shape index (κ3) is 3.54. The summed E-state index contributed by atoms with van der Waals surface area (Å²) in [4.78, 5) is 0.